The van der Waals surface area contributed by atoms with Crippen LogP contribution in [0.4, 0.5) is 0 Å². The van der Waals surface area contributed by atoms with Gasteiger partial charge in [-0.1, -0.05) is 43.5 Å². The third kappa shape index (κ3) is 3.30. The van der Waals surface area contributed by atoms with Gasteiger partial charge in [0.25, 0.3) is 0 Å². The summed E-state index contributed by atoms with van der Waals surface area (Å²) >= 11 is 0. The SMILES string of the molecule is COCc1ccc(C(O)C2CCCCC2)cc1. The molecule has 17 heavy (non-hydrogen) atoms. The summed E-state index contributed by atoms with van der Waals surface area (Å²) in [5.74, 6) is 0.456. The maximum atomic E-state index is 10.3. The fourth-order valence-electron chi connectivity index (χ4n) is 2.70. The number of hydrogen-bond acceptors (Lipinski definition) is 2. The lowest BCUT2D eigenvalue weighted by Crippen LogP contribution is -2.15. The summed E-state index contributed by atoms with van der Waals surface area (Å²) in [5.41, 5.74) is 2.21. The summed E-state index contributed by atoms with van der Waals surface area (Å²) in [7, 11) is 1.70. The van der Waals surface area contributed by atoms with E-state index in [1.54, 1.807) is 7.11 Å². The number of methoxy groups -OCH3 is 1. The Labute approximate surface area is 104 Å². The number of hydrogen-bond donors (Lipinski definition) is 1. The van der Waals surface area contributed by atoms with Gasteiger partial charge in [0.15, 0.2) is 0 Å². The molecule has 1 aromatic rings. The molecule has 1 unspecified atom stereocenters. The lowest BCUT2D eigenvalue weighted by atomic mass is 9.82. The average molecular weight is 234 g/mol. The second kappa shape index (κ2) is 6.18. The fraction of sp³-hybridized carbons (Fsp3) is 0.600. The molecule has 1 N–H and O–H groups in total. The minimum Gasteiger partial charge on any atom is -0.388 e. The van der Waals surface area contributed by atoms with Crippen molar-refractivity contribution in [3.8, 4) is 0 Å². The Balaban J connectivity index is 2.00. The standard InChI is InChI=1S/C15H22O2/c1-17-11-12-7-9-14(10-8-12)15(16)13-5-3-2-4-6-13/h7-10,13,15-16H,2-6,11H2,1H3. The smallest absolute Gasteiger partial charge is 0.0818 e. The van der Waals surface area contributed by atoms with Crippen LogP contribution in [0, 0.1) is 5.92 Å². The summed E-state index contributed by atoms with van der Waals surface area (Å²) in [6.07, 6.45) is 5.91. The normalized spacial score (nSPS) is 19.2. The molecular formula is C15H22O2. The van der Waals surface area contributed by atoms with E-state index in [-0.39, 0.29) is 6.10 Å². The van der Waals surface area contributed by atoms with Crippen LogP contribution in [0.2, 0.25) is 0 Å². The van der Waals surface area contributed by atoms with Crippen molar-refractivity contribution >= 4 is 0 Å². The Kier molecular flexibility index (Phi) is 4.57. The van der Waals surface area contributed by atoms with Crippen molar-refractivity contribution < 1.29 is 9.84 Å². The van der Waals surface area contributed by atoms with Crippen molar-refractivity contribution in [1.29, 1.82) is 0 Å². The molecule has 2 rings (SSSR count). The molecule has 0 aromatic heterocycles. The van der Waals surface area contributed by atoms with Crippen LogP contribution in [0.1, 0.15) is 49.3 Å². The van der Waals surface area contributed by atoms with Crippen LogP contribution >= 0.6 is 0 Å². The maximum Gasteiger partial charge on any atom is 0.0818 e. The first-order valence-electron chi connectivity index (χ1n) is 6.57. The van der Waals surface area contributed by atoms with E-state index in [9.17, 15) is 5.11 Å². The van der Waals surface area contributed by atoms with Gasteiger partial charge in [-0.25, -0.2) is 0 Å². The van der Waals surface area contributed by atoms with E-state index in [2.05, 4.69) is 0 Å². The van der Waals surface area contributed by atoms with E-state index in [1.165, 1.54) is 32.1 Å². The number of aliphatic hydroxyl groups is 1. The van der Waals surface area contributed by atoms with Crippen LogP contribution in [-0.4, -0.2) is 12.2 Å². The molecule has 1 saturated carbocycles. The van der Waals surface area contributed by atoms with E-state index in [0.29, 0.717) is 12.5 Å². The minimum absolute atomic E-state index is 0.285. The van der Waals surface area contributed by atoms with Gasteiger partial charge in [-0.15, -0.1) is 0 Å². The first-order valence-corrected chi connectivity index (χ1v) is 6.57. The van der Waals surface area contributed by atoms with Crippen molar-refractivity contribution in [3.05, 3.63) is 35.4 Å². The molecule has 1 aromatic carbocycles. The van der Waals surface area contributed by atoms with E-state index in [4.69, 9.17) is 4.74 Å². The Morgan fingerprint density at radius 2 is 1.82 bits per heavy atom. The van der Waals surface area contributed by atoms with Crippen LogP contribution in [0.25, 0.3) is 0 Å². The fourth-order valence-corrected chi connectivity index (χ4v) is 2.70. The minimum atomic E-state index is -0.285. The summed E-state index contributed by atoms with van der Waals surface area (Å²) < 4.78 is 5.08. The van der Waals surface area contributed by atoms with Crippen molar-refractivity contribution in [2.75, 3.05) is 7.11 Å². The topological polar surface area (TPSA) is 29.5 Å². The maximum absolute atomic E-state index is 10.3. The van der Waals surface area contributed by atoms with Crippen LogP contribution < -0.4 is 0 Å². The molecule has 0 bridgehead atoms. The van der Waals surface area contributed by atoms with Crippen LogP contribution in [-0.2, 0) is 11.3 Å². The monoisotopic (exact) mass is 234 g/mol. The Morgan fingerprint density at radius 3 is 2.41 bits per heavy atom. The van der Waals surface area contributed by atoms with Gasteiger partial charge in [-0.2, -0.15) is 0 Å². The number of benzene rings is 1. The summed E-state index contributed by atoms with van der Waals surface area (Å²) in [5, 5.41) is 10.3. The highest BCUT2D eigenvalue weighted by atomic mass is 16.5. The highest BCUT2D eigenvalue weighted by Crippen LogP contribution is 2.34. The number of rotatable bonds is 4. The molecule has 1 atom stereocenters. The van der Waals surface area contributed by atoms with Gasteiger partial charge < -0.3 is 9.84 Å². The lowest BCUT2D eigenvalue weighted by Gasteiger charge is -2.26. The van der Waals surface area contributed by atoms with Gasteiger partial charge in [0, 0.05) is 7.11 Å². The van der Waals surface area contributed by atoms with Crippen molar-refractivity contribution in [2.24, 2.45) is 5.92 Å². The molecule has 0 spiro atoms. The van der Waals surface area contributed by atoms with Crippen molar-refractivity contribution in [3.63, 3.8) is 0 Å². The molecule has 94 valence electrons. The zero-order valence-electron chi connectivity index (χ0n) is 10.6. The van der Waals surface area contributed by atoms with Gasteiger partial charge in [0.1, 0.15) is 0 Å². The van der Waals surface area contributed by atoms with Gasteiger partial charge in [-0.05, 0) is 29.9 Å². The first kappa shape index (κ1) is 12.6. The largest absolute Gasteiger partial charge is 0.388 e. The van der Waals surface area contributed by atoms with Crippen molar-refractivity contribution in [1.82, 2.24) is 0 Å². The van der Waals surface area contributed by atoms with Gasteiger partial charge in [-0.3, -0.25) is 0 Å². The summed E-state index contributed by atoms with van der Waals surface area (Å²) in [6.45, 7) is 0.639. The van der Waals surface area contributed by atoms with Gasteiger partial charge in [0.05, 0.1) is 12.7 Å². The molecule has 0 radical (unpaired) electrons. The second-order valence-corrected chi connectivity index (χ2v) is 5.02. The Hall–Kier alpha value is -0.860. The zero-order valence-corrected chi connectivity index (χ0v) is 10.6. The predicted molar refractivity (Wildman–Crippen MR) is 68.7 cm³/mol. The zero-order chi connectivity index (χ0) is 12.1. The molecule has 1 fully saturated rings. The van der Waals surface area contributed by atoms with Crippen LogP contribution in [0.5, 0.6) is 0 Å². The first-order chi connectivity index (χ1) is 8.31. The highest BCUT2D eigenvalue weighted by Gasteiger charge is 2.22. The third-order valence-electron chi connectivity index (χ3n) is 3.73. The average Bonchev–Trinajstić information content (AvgIpc) is 2.40. The van der Waals surface area contributed by atoms with Crippen molar-refractivity contribution in [2.45, 2.75) is 44.8 Å². The highest BCUT2D eigenvalue weighted by molar-refractivity contribution is 5.24. The molecule has 0 heterocycles. The lowest BCUT2D eigenvalue weighted by molar-refractivity contribution is 0.0848. The van der Waals surface area contributed by atoms with E-state index in [0.717, 1.165) is 11.1 Å². The molecule has 0 aliphatic heterocycles. The van der Waals surface area contributed by atoms with Gasteiger partial charge in [0.2, 0.25) is 0 Å². The van der Waals surface area contributed by atoms with Gasteiger partial charge >= 0.3 is 0 Å². The van der Waals surface area contributed by atoms with Crippen LogP contribution in [0.15, 0.2) is 24.3 Å². The molecular weight excluding hydrogens is 212 g/mol. The van der Waals surface area contributed by atoms with E-state index < -0.39 is 0 Å². The number of aliphatic hydroxyl groups excluding tert-OH is 1. The Morgan fingerprint density at radius 1 is 1.18 bits per heavy atom. The molecule has 2 heteroatoms. The third-order valence-corrected chi connectivity index (χ3v) is 3.73. The summed E-state index contributed by atoms with van der Waals surface area (Å²) in [6, 6.07) is 8.16. The van der Waals surface area contributed by atoms with E-state index >= 15 is 0 Å². The molecule has 1 aliphatic rings. The molecule has 0 amide bonds. The predicted octanol–water partition coefficient (Wildman–Crippen LogP) is 3.45. The molecule has 2 nitrogen and oxygen atoms in total. The molecule has 1 aliphatic carbocycles. The second-order valence-electron chi connectivity index (χ2n) is 5.02. The molecule has 0 saturated heterocycles. The number of ether oxygens (including phenoxy) is 1. The Bertz CT molecular complexity index is 325. The van der Waals surface area contributed by atoms with Crippen LogP contribution in [0.3, 0.4) is 0 Å². The van der Waals surface area contributed by atoms with E-state index in [1.807, 2.05) is 24.3 Å². The quantitative estimate of drug-likeness (QED) is 0.864. The summed E-state index contributed by atoms with van der Waals surface area (Å²) in [4.78, 5) is 0.